The van der Waals surface area contributed by atoms with E-state index in [1.54, 1.807) is 7.11 Å². The topological polar surface area (TPSA) is 46.1 Å². The summed E-state index contributed by atoms with van der Waals surface area (Å²) in [6, 6.07) is 0. The Morgan fingerprint density at radius 2 is 2.04 bits per heavy atom. The molecule has 1 saturated carbocycles. The van der Waals surface area contributed by atoms with Gasteiger partial charge >= 0.3 is 0 Å². The lowest BCUT2D eigenvalue weighted by Gasteiger charge is -2.35. The van der Waals surface area contributed by atoms with E-state index in [2.05, 4.69) is 24.1 Å². The van der Waals surface area contributed by atoms with E-state index in [0.717, 1.165) is 50.6 Å². The van der Waals surface area contributed by atoms with Crippen LogP contribution in [-0.2, 0) is 9.47 Å². The summed E-state index contributed by atoms with van der Waals surface area (Å²) in [6.07, 6.45) is 5.55. The van der Waals surface area contributed by atoms with Gasteiger partial charge in [0.2, 0.25) is 0 Å². The van der Waals surface area contributed by atoms with Gasteiger partial charge in [-0.2, -0.15) is 0 Å². The number of nitrogens with one attached hydrogen (secondary N) is 1. The predicted octanol–water partition coefficient (Wildman–Crippen LogP) is 2.74. The Bertz CT molecular complexity index is 345. The van der Waals surface area contributed by atoms with Gasteiger partial charge < -0.3 is 19.7 Å². The maximum Gasteiger partial charge on any atom is 0.194 e. The van der Waals surface area contributed by atoms with Gasteiger partial charge in [-0.25, -0.2) is 0 Å². The van der Waals surface area contributed by atoms with Crippen LogP contribution in [0.3, 0.4) is 0 Å². The summed E-state index contributed by atoms with van der Waals surface area (Å²) in [5.41, 5.74) is 0. The lowest BCUT2D eigenvalue weighted by Crippen LogP contribution is -2.51. The second kappa shape index (κ2) is 11.5. The fraction of sp³-hybridized carbons (Fsp3) is 0.941. The van der Waals surface area contributed by atoms with Crippen molar-refractivity contribution in [2.24, 2.45) is 16.8 Å². The summed E-state index contributed by atoms with van der Waals surface area (Å²) < 4.78 is 11.0. The Hall–Kier alpha value is -0.0800. The normalized spacial score (nSPS) is 29.1. The largest absolute Gasteiger partial charge is 0.382 e. The first-order chi connectivity index (χ1) is 10.7. The third-order valence-electron chi connectivity index (χ3n) is 4.76. The molecule has 136 valence electrons. The molecule has 0 aromatic carbocycles. The molecule has 1 N–H and O–H groups in total. The van der Waals surface area contributed by atoms with Gasteiger partial charge in [0.25, 0.3) is 0 Å². The molecule has 6 heteroatoms. The monoisotopic (exact) mass is 439 g/mol. The van der Waals surface area contributed by atoms with Crippen LogP contribution in [0.15, 0.2) is 4.99 Å². The molecule has 1 unspecified atom stereocenters. The number of morpholine rings is 1. The number of hydrogen-bond acceptors (Lipinski definition) is 3. The number of halogens is 1. The van der Waals surface area contributed by atoms with E-state index >= 15 is 0 Å². The van der Waals surface area contributed by atoms with Crippen LogP contribution in [0, 0.1) is 11.8 Å². The number of rotatable bonds is 5. The molecular weight excluding hydrogens is 405 g/mol. The van der Waals surface area contributed by atoms with E-state index in [4.69, 9.17) is 14.5 Å². The van der Waals surface area contributed by atoms with Crippen molar-refractivity contribution in [1.82, 2.24) is 10.2 Å². The minimum absolute atomic E-state index is 0. The molecule has 2 fully saturated rings. The first-order valence-corrected chi connectivity index (χ1v) is 8.86. The summed E-state index contributed by atoms with van der Waals surface area (Å²) in [5, 5.41) is 3.44. The average Bonchev–Trinajstić information content (AvgIpc) is 2.53. The minimum atomic E-state index is 0. The van der Waals surface area contributed by atoms with Gasteiger partial charge in [0.1, 0.15) is 0 Å². The highest BCUT2D eigenvalue weighted by atomic mass is 127. The zero-order chi connectivity index (χ0) is 15.8. The molecule has 2 rings (SSSR count). The Morgan fingerprint density at radius 1 is 1.30 bits per heavy atom. The highest BCUT2D eigenvalue weighted by Crippen LogP contribution is 2.28. The van der Waals surface area contributed by atoms with Crippen molar-refractivity contribution in [2.45, 2.75) is 45.6 Å². The molecule has 0 spiro atoms. The summed E-state index contributed by atoms with van der Waals surface area (Å²) in [5.74, 6) is 2.72. The highest BCUT2D eigenvalue weighted by molar-refractivity contribution is 14.0. The molecule has 23 heavy (non-hydrogen) atoms. The summed E-state index contributed by atoms with van der Waals surface area (Å²) in [6.45, 7) is 9.54. The van der Waals surface area contributed by atoms with Crippen molar-refractivity contribution in [1.29, 1.82) is 0 Å². The molecule has 0 aromatic rings. The molecule has 2 aliphatic rings. The molecule has 1 aliphatic carbocycles. The average molecular weight is 439 g/mol. The van der Waals surface area contributed by atoms with E-state index in [-0.39, 0.29) is 30.1 Å². The first kappa shape index (κ1) is 21.0. The van der Waals surface area contributed by atoms with Gasteiger partial charge in [0.05, 0.1) is 19.3 Å². The molecule has 5 nitrogen and oxygen atoms in total. The number of nitrogens with zero attached hydrogens (tertiary/aromatic N) is 2. The molecule has 0 bridgehead atoms. The fourth-order valence-electron chi connectivity index (χ4n) is 3.35. The standard InChI is InChI=1S/C17H33N3O2.HI/c1-4-18-17(19-11-15-7-5-14(2)6-8-15)20-9-10-22-16(12-20)13-21-3;/h14-16H,4-13H2,1-3H3,(H,18,19);1H. The zero-order valence-electron chi connectivity index (χ0n) is 14.9. The van der Waals surface area contributed by atoms with Crippen LogP contribution in [-0.4, -0.2) is 63.5 Å². The van der Waals surface area contributed by atoms with Gasteiger partial charge in [-0.05, 0) is 31.6 Å². The van der Waals surface area contributed by atoms with E-state index in [9.17, 15) is 0 Å². The summed E-state index contributed by atoms with van der Waals surface area (Å²) in [4.78, 5) is 7.24. The van der Waals surface area contributed by atoms with E-state index in [0.29, 0.717) is 6.61 Å². The summed E-state index contributed by atoms with van der Waals surface area (Å²) >= 11 is 0. The first-order valence-electron chi connectivity index (χ1n) is 8.86. The van der Waals surface area contributed by atoms with Crippen LogP contribution in [0.1, 0.15) is 39.5 Å². The van der Waals surface area contributed by atoms with Crippen molar-refractivity contribution in [2.75, 3.05) is 46.5 Å². The minimum Gasteiger partial charge on any atom is -0.382 e. The highest BCUT2D eigenvalue weighted by Gasteiger charge is 2.23. The van der Waals surface area contributed by atoms with Crippen molar-refractivity contribution in [3.05, 3.63) is 0 Å². The maximum atomic E-state index is 5.73. The molecule has 1 atom stereocenters. The third kappa shape index (κ3) is 7.13. The van der Waals surface area contributed by atoms with Crippen LogP contribution < -0.4 is 5.32 Å². The van der Waals surface area contributed by atoms with Crippen LogP contribution in [0.25, 0.3) is 0 Å². The Balaban J connectivity index is 0.00000264. The van der Waals surface area contributed by atoms with Crippen molar-refractivity contribution < 1.29 is 9.47 Å². The van der Waals surface area contributed by atoms with Gasteiger partial charge in [-0.15, -0.1) is 24.0 Å². The zero-order valence-corrected chi connectivity index (χ0v) is 17.3. The summed E-state index contributed by atoms with van der Waals surface area (Å²) in [7, 11) is 1.73. The molecule has 0 radical (unpaired) electrons. The molecule has 1 aliphatic heterocycles. The lowest BCUT2D eigenvalue weighted by atomic mass is 9.83. The van der Waals surface area contributed by atoms with Crippen molar-refractivity contribution >= 4 is 29.9 Å². The van der Waals surface area contributed by atoms with Crippen LogP contribution in [0.4, 0.5) is 0 Å². The van der Waals surface area contributed by atoms with Gasteiger partial charge in [-0.1, -0.05) is 19.8 Å². The van der Waals surface area contributed by atoms with Crippen LogP contribution >= 0.6 is 24.0 Å². The second-order valence-electron chi connectivity index (χ2n) is 6.71. The van der Waals surface area contributed by atoms with Gasteiger partial charge in [0, 0.05) is 33.3 Å². The SMILES string of the molecule is CCNC(=NCC1CCC(C)CC1)N1CCOC(COC)C1.I. The maximum absolute atomic E-state index is 5.73. The molecular formula is C17H34IN3O2. The predicted molar refractivity (Wildman–Crippen MR) is 106 cm³/mol. The van der Waals surface area contributed by atoms with Gasteiger partial charge in [-0.3, -0.25) is 4.99 Å². The molecule has 1 heterocycles. The Kier molecular flexibility index (Phi) is 10.5. The van der Waals surface area contributed by atoms with Gasteiger partial charge in [0.15, 0.2) is 5.96 Å². The smallest absolute Gasteiger partial charge is 0.194 e. The molecule has 1 saturated heterocycles. The van der Waals surface area contributed by atoms with Crippen molar-refractivity contribution in [3.8, 4) is 0 Å². The fourth-order valence-corrected chi connectivity index (χ4v) is 3.35. The van der Waals surface area contributed by atoms with Crippen LogP contribution in [0.5, 0.6) is 0 Å². The number of methoxy groups -OCH3 is 1. The number of aliphatic imine (C=N–C) groups is 1. The number of hydrogen-bond donors (Lipinski definition) is 1. The molecule has 0 amide bonds. The van der Waals surface area contributed by atoms with E-state index in [1.165, 1.54) is 25.7 Å². The second-order valence-corrected chi connectivity index (χ2v) is 6.71. The van der Waals surface area contributed by atoms with E-state index < -0.39 is 0 Å². The lowest BCUT2D eigenvalue weighted by molar-refractivity contribution is -0.0447. The molecule has 0 aromatic heterocycles. The van der Waals surface area contributed by atoms with Crippen molar-refractivity contribution in [3.63, 3.8) is 0 Å². The van der Waals surface area contributed by atoms with E-state index in [1.807, 2.05) is 0 Å². The number of ether oxygens (including phenoxy) is 2. The number of guanidine groups is 1. The van der Waals surface area contributed by atoms with Crippen LogP contribution in [0.2, 0.25) is 0 Å². The quantitative estimate of drug-likeness (QED) is 0.407. The Morgan fingerprint density at radius 3 is 2.70 bits per heavy atom. The Labute approximate surface area is 158 Å². The third-order valence-corrected chi connectivity index (χ3v) is 4.76.